The predicted octanol–water partition coefficient (Wildman–Crippen LogP) is 5.70. The first kappa shape index (κ1) is 23.8. The number of fused-ring (bicyclic) bond motifs is 1. The highest BCUT2D eigenvalue weighted by atomic mass is 16.3. The van der Waals surface area contributed by atoms with Gasteiger partial charge in [0.25, 0.3) is 0 Å². The molecule has 0 aliphatic heterocycles. The fourth-order valence-electron chi connectivity index (χ4n) is 6.74. The SMILES string of the molecule is C=C1/C(=C\C=C2/CCCC3(C)C2CC[C@@H]3[C@H](C)CCCC(C)(C)O)C[C@@H](O)C[C@@H]1O. The lowest BCUT2D eigenvalue weighted by molar-refractivity contribution is 0.0596. The van der Waals surface area contributed by atoms with Crippen LogP contribution in [0.1, 0.15) is 91.9 Å². The molecule has 6 atom stereocenters. The fourth-order valence-corrected chi connectivity index (χ4v) is 6.74. The minimum absolute atomic E-state index is 0.374. The van der Waals surface area contributed by atoms with Gasteiger partial charge in [0.1, 0.15) is 0 Å². The van der Waals surface area contributed by atoms with Crippen LogP contribution in [0, 0.1) is 23.2 Å². The second kappa shape index (κ2) is 9.30. The quantitative estimate of drug-likeness (QED) is 0.520. The second-order valence-electron chi connectivity index (χ2n) is 11.3. The Morgan fingerprint density at radius 2 is 1.97 bits per heavy atom. The molecule has 3 aliphatic carbocycles. The molecule has 0 amide bonds. The van der Waals surface area contributed by atoms with Crippen molar-refractivity contribution in [3.8, 4) is 0 Å². The Bertz CT molecular complexity index is 683. The number of aliphatic hydroxyl groups is 3. The predicted molar refractivity (Wildman–Crippen MR) is 124 cm³/mol. The minimum atomic E-state index is -0.615. The molecule has 0 aromatic rings. The largest absolute Gasteiger partial charge is 0.393 e. The van der Waals surface area contributed by atoms with Gasteiger partial charge in [-0.1, -0.05) is 51.0 Å². The van der Waals surface area contributed by atoms with Crippen LogP contribution in [-0.4, -0.2) is 33.1 Å². The van der Waals surface area contributed by atoms with Crippen LogP contribution in [0.25, 0.3) is 0 Å². The molecule has 30 heavy (non-hydrogen) atoms. The summed E-state index contributed by atoms with van der Waals surface area (Å²) in [5.41, 5.74) is 3.17. The third kappa shape index (κ3) is 5.29. The van der Waals surface area contributed by atoms with Crippen LogP contribution in [0.4, 0.5) is 0 Å². The van der Waals surface area contributed by atoms with Gasteiger partial charge in [0.05, 0.1) is 17.8 Å². The first-order valence-corrected chi connectivity index (χ1v) is 12.2. The van der Waals surface area contributed by atoms with Crippen LogP contribution in [0.5, 0.6) is 0 Å². The van der Waals surface area contributed by atoms with Gasteiger partial charge in [0, 0.05) is 6.42 Å². The van der Waals surface area contributed by atoms with Gasteiger partial charge in [-0.25, -0.2) is 0 Å². The third-order valence-corrected chi connectivity index (χ3v) is 8.44. The first-order valence-electron chi connectivity index (χ1n) is 12.2. The highest BCUT2D eigenvalue weighted by Gasteiger charge is 2.50. The van der Waals surface area contributed by atoms with Gasteiger partial charge in [-0.05, 0) is 93.1 Å². The van der Waals surface area contributed by atoms with E-state index in [-0.39, 0.29) is 0 Å². The lowest BCUT2D eigenvalue weighted by Gasteiger charge is -2.44. The molecule has 3 rings (SSSR count). The van der Waals surface area contributed by atoms with Crippen molar-refractivity contribution in [2.75, 3.05) is 0 Å². The normalized spacial score (nSPS) is 38.8. The smallest absolute Gasteiger partial charge is 0.0811 e. The van der Waals surface area contributed by atoms with Crippen molar-refractivity contribution in [2.24, 2.45) is 23.2 Å². The van der Waals surface area contributed by atoms with Crippen molar-refractivity contribution < 1.29 is 15.3 Å². The highest BCUT2D eigenvalue weighted by Crippen LogP contribution is 2.60. The standard InChI is InChI=1S/C27H44O3/c1-18(8-6-14-26(3,4)30)23-12-13-24-20(9-7-15-27(23,24)5)10-11-21-16-22(28)17-25(29)19(21)2/h10-11,18,22-25,28-30H,2,6-9,12-17H2,1,3-5H3/b20-10+,21-11-/t18-,22-,23-,24?,25+,27?/m1/s1. The Kier molecular flexibility index (Phi) is 7.37. The molecule has 3 heteroatoms. The lowest BCUT2D eigenvalue weighted by Crippen LogP contribution is -2.36. The van der Waals surface area contributed by atoms with E-state index < -0.39 is 17.8 Å². The Hall–Kier alpha value is -0.900. The molecule has 0 bridgehead atoms. The average Bonchev–Trinajstić information content (AvgIpc) is 3.00. The van der Waals surface area contributed by atoms with Crippen LogP contribution >= 0.6 is 0 Å². The van der Waals surface area contributed by atoms with E-state index in [4.69, 9.17) is 0 Å². The second-order valence-corrected chi connectivity index (χ2v) is 11.3. The number of hydrogen-bond acceptors (Lipinski definition) is 3. The summed E-state index contributed by atoms with van der Waals surface area (Å²) in [4.78, 5) is 0. The van der Waals surface area contributed by atoms with Crippen molar-refractivity contribution >= 4 is 0 Å². The number of aliphatic hydroxyl groups excluding tert-OH is 2. The van der Waals surface area contributed by atoms with E-state index in [2.05, 4.69) is 32.6 Å². The van der Waals surface area contributed by atoms with Crippen LogP contribution in [-0.2, 0) is 0 Å². The Morgan fingerprint density at radius 3 is 2.67 bits per heavy atom. The van der Waals surface area contributed by atoms with E-state index in [0.717, 1.165) is 29.9 Å². The van der Waals surface area contributed by atoms with Gasteiger partial charge in [0.15, 0.2) is 0 Å². The number of hydrogen-bond donors (Lipinski definition) is 3. The van der Waals surface area contributed by atoms with Gasteiger partial charge in [0.2, 0.25) is 0 Å². The Balaban J connectivity index is 1.70. The Labute approximate surface area is 184 Å². The molecule has 3 nitrogen and oxygen atoms in total. The summed E-state index contributed by atoms with van der Waals surface area (Å²) in [5.74, 6) is 2.11. The van der Waals surface area contributed by atoms with Crippen molar-refractivity contribution in [1.29, 1.82) is 0 Å². The van der Waals surface area contributed by atoms with Crippen molar-refractivity contribution in [1.82, 2.24) is 0 Å². The van der Waals surface area contributed by atoms with E-state index >= 15 is 0 Å². The maximum absolute atomic E-state index is 10.1. The lowest BCUT2D eigenvalue weighted by atomic mass is 9.60. The van der Waals surface area contributed by atoms with E-state index in [1.54, 1.807) is 5.57 Å². The molecule has 2 unspecified atom stereocenters. The summed E-state index contributed by atoms with van der Waals surface area (Å²) in [6.45, 7) is 12.8. The zero-order valence-electron chi connectivity index (χ0n) is 19.7. The maximum atomic E-state index is 10.1. The third-order valence-electron chi connectivity index (χ3n) is 8.44. The molecule has 0 radical (unpaired) electrons. The summed E-state index contributed by atoms with van der Waals surface area (Å²) >= 11 is 0. The van der Waals surface area contributed by atoms with Crippen LogP contribution < -0.4 is 0 Å². The minimum Gasteiger partial charge on any atom is -0.393 e. The summed E-state index contributed by atoms with van der Waals surface area (Å²) < 4.78 is 0. The zero-order valence-corrected chi connectivity index (χ0v) is 19.7. The van der Waals surface area contributed by atoms with Gasteiger partial charge in [-0.15, -0.1) is 0 Å². The van der Waals surface area contributed by atoms with Crippen molar-refractivity contribution in [2.45, 2.75) is 110 Å². The molecule has 0 spiro atoms. The summed E-state index contributed by atoms with van der Waals surface area (Å²) in [5, 5.41) is 30.2. The van der Waals surface area contributed by atoms with Gasteiger partial charge < -0.3 is 15.3 Å². The molecule has 3 fully saturated rings. The summed E-state index contributed by atoms with van der Waals surface area (Å²) in [6, 6.07) is 0. The topological polar surface area (TPSA) is 60.7 Å². The number of rotatable bonds is 6. The molecule has 0 aromatic heterocycles. The maximum Gasteiger partial charge on any atom is 0.0811 e. The van der Waals surface area contributed by atoms with Gasteiger partial charge in [-0.2, -0.15) is 0 Å². The molecule has 3 aliphatic rings. The molecular formula is C27H44O3. The van der Waals surface area contributed by atoms with Crippen LogP contribution in [0.2, 0.25) is 0 Å². The van der Waals surface area contributed by atoms with E-state index in [9.17, 15) is 15.3 Å². The summed E-state index contributed by atoms with van der Waals surface area (Å²) in [7, 11) is 0. The molecule has 3 N–H and O–H groups in total. The van der Waals surface area contributed by atoms with Gasteiger partial charge >= 0.3 is 0 Å². The monoisotopic (exact) mass is 416 g/mol. The molecular weight excluding hydrogens is 372 g/mol. The Morgan fingerprint density at radius 1 is 1.23 bits per heavy atom. The van der Waals surface area contributed by atoms with Crippen molar-refractivity contribution in [3.05, 3.63) is 35.5 Å². The fraction of sp³-hybridized carbons (Fsp3) is 0.778. The summed E-state index contributed by atoms with van der Waals surface area (Å²) in [6.07, 6.45) is 13.9. The van der Waals surface area contributed by atoms with Crippen LogP contribution in [0.15, 0.2) is 35.5 Å². The molecule has 3 saturated carbocycles. The first-order chi connectivity index (χ1) is 14.0. The van der Waals surface area contributed by atoms with E-state index in [1.807, 2.05) is 13.8 Å². The molecule has 0 heterocycles. The van der Waals surface area contributed by atoms with E-state index in [0.29, 0.717) is 30.1 Å². The molecule has 0 aromatic carbocycles. The number of allylic oxidation sites excluding steroid dienone is 3. The van der Waals surface area contributed by atoms with Gasteiger partial charge in [-0.3, -0.25) is 0 Å². The molecule has 170 valence electrons. The average molecular weight is 417 g/mol. The van der Waals surface area contributed by atoms with Crippen molar-refractivity contribution in [3.63, 3.8) is 0 Å². The van der Waals surface area contributed by atoms with E-state index in [1.165, 1.54) is 38.5 Å². The highest BCUT2D eigenvalue weighted by molar-refractivity contribution is 5.38. The van der Waals surface area contributed by atoms with Crippen LogP contribution in [0.3, 0.4) is 0 Å². The molecule has 0 saturated heterocycles. The zero-order chi connectivity index (χ0) is 22.1.